The predicted octanol–water partition coefficient (Wildman–Crippen LogP) is 3.32. The maximum Gasteiger partial charge on any atom is 0.252 e. The zero-order chi connectivity index (χ0) is 19.9. The van der Waals surface area contributed by atoms with Crippen LogP contribution in [0.3, 0.4) is 0 Å². The highest BCUT2D eigenvalue weighted by molar-refractivity contribution is 8.16. The van der Waals surface area contributed by atoms with Crippen LogP contribution in [0.25, 0.3) is 0 Å². The molecule has 0 N–H and O–H groups in total. The van der Waals surface area contributed by atoms with Gasteiger partial charge in [0.25, 0.3) is 5.91 Å². The van der Waals surface area contributed by atoms with Gasteiger partial charge in [-0.3, -0.25) is 4.79 Å². The van der Waals surface area contributed by atoms with E-state index in [9.17, 15) is 17.6 Å². The summed E-state index contributed by atoms with van der Waals surface area (Å²) >= 11 is 7.37. The minimum atomic E-state index is -3.18. The lowest BCUT2D eigenvalue weighted by Crippen LogP contribution is -2.37. The van der Waals surface area contributed by atoms with Gasteiger partial charge in [-0.05, 0) is 29.8 Å². The summed E-state index contributed by atoms with van der Waals surface area (Å²) in [5.41, 5.74) is 1.16. The smallest absolute Gasteiger partial charge is 0.252 e. The molecule has 1 amide bonds. The number of fused-ring (bicyclic) bond motifs is 1. The highest BCUT2D eigenvalue weighted by atomic mass is 35.5. The fourth-order valence-electron chi connectivity index (χ4n) is 3.44. The Morgan fingerprint density at radius 1 is 1.21 bits per heavy atom. The Hall–Kier alpha value is -1.90. The van der Waals surface area contributed by atoms with E-state index < -0.39 is 15.7 Å². The number of halogens is 2. The quantitative estimate of drug-likeness (QED) is 0.735. The molecule has 9 heteroatoms. The van der Waals surface area contributed by atoms with Gasteiger partial charge in [0, 0.05) is 16.0 Å². The lowest BCUT2D eigenvalue weighted by molar-refractivity contribution is -0.117. The normalized spacial score (nSPS) is 24.5. The summed E-state index contributed by atoms with van der Waals surface area (Å²) in [5, 5.41) is 0.646. The number of nitrogens with zero attached hydrogens (tertiary/aromatic N) is 2. The second-order valence-corrected chi connectivity index (χ2v) is 10.5. The zero-order valence-electron chi connectivity index (χ0n) is 14.6. The highest BCUT2D eigenvalue weighted by Crippen LogP contribution is 2.41. The Morgan fingerprint density at radius 3 is 2.75 bits per heavy atom. The lowest BCUT2D eigenvalue weighted by atomic mass is 10.1. The monoisotopic (exact) mass is 438 g/mol. The molecule has 0 saturated carbocycles. The molecule has 0 aromatic heterocycles. The van der Waals surface area contributed by atoms with Gasteiger partial charge in [0.15, 0.2) is 15.0 Å². The number of rotatable bonds is 3. The second kappa shape index (κ2) is 7.50. The SMILES string of the molecule is O=C(Cc1ccccc1Cl)N=C1S[C@H]2CS(=O)(=O)C[C@H]2N1c1cccc(F)c1. The number of amidine groups is 1. The summed E-state index contributed by atoms with van der Waals surface area (Å²) in [7, 11) is -3.18. The molecule has 0 unspecified atom stereocenters. The summed E-state index contributed by atoms with van der Waals surface area (Å²) in [6.07, 6.45) is 0.0361. The van der Waals surface area contributed by atoms with Crippen molar-refractivity contribution in [3.05, 3.63) is 64.9 Å². The van der Waals surface area contributed by atoms with E-state index in [1.54, 1.807) is 41.3 Å². The number of aliphatic imine (C=N–C) groups is 1. The first-order valence-corrected chi connectivity index (χ1v) is 11.7. The average molecular weight is 439 g/mol. The molecule has 0 aliphatic carbocycles. The second-order valence-electron chi connectivity index (χ2n) is 6.71. The molecule has 146 valence electrons. The number of amides is 1. The Morgan fingerprint density at radius 2 is 2.00 bits per heavy atom. The van der Waals surface area contributed by atoms with Crippen molar-refractivity contribution in [3.63, 3.8) is 0 Å². The van der Waals surface area contributed by atoms with Gasteiger partial charge < -0.3 is 4.90 Å². The summed E-state index contributed by atoms with van der Waals surface area (Å²) in [4.78, 5) is 18.4. The molecule has 2 heterocycles. The maximum atomic E-state index is 13.8. The third kappa shape index (κ3) is 3.94. The third-order valence-electron chi connectivity index (χ3n) is 4.67. The largest absolute Gasteiger partial charge is 0.315 e. The first-order valence-electron chi connectivity index (χ1n) is 8.59. The van der Waals surface area contributed by atoms with Gasteiger partial charge in [-0.1, -0.05) is 47.6 Å². The standard InChI is InChI=1S/C19H16ClFN2O3S2/c20-15-7-2-1-4-12(15)8-18(24)22-19-23(14-6-3-5-13(21)9-14)16-10-28(25,26)11-17(16)27-19/h1-7,9,16-17H,8,10-11H2/t16-,17+/m1/s1. The molecule has 0 bridgehead atoms. The van der Waals surface area contributed by atoms with Crippen molar-refractivity contribution in [2.75, 3.05) is 16.4 Å². The number of anilines is 1. The Bertz CT molecular complexity index is 1070. The van der Waals surface area contributed by atoms with Gasteiger partial charge in [0.05, 0.1) is 24.0 Å². The van der Waals surface area contributed by atoms with Crippen LogP contribution >= 0.6 is 23.4 Å². The van der Waals surface area contributed by atoms with Crippen LogP contribution in [-0.2, 0) is 21.1 Å². The van der Waals surface area contributed by atoms with Crippen molar-refractivity contribution in [1.82, 2.24) is 0 Å². The number of benzene rings is 2. The number of hydrogen-bond acceptors (Lipinski definition) is 4. The number of hydrogen-bond donors (Lipinski definition) is 0. The minimum absolute atomic E-state index is 0.0197. The molecule has 2 fully saturated rings. The summed E-state index contributed by atoms with van der Waals surface area (Å²) in [6.45, 7) is 0. The zero-order valence-corrected chi connectivity index (χ0v) is 17.0. The molecular formula is C19H16ClFN2O3S2. The first-order chi connectivity index (χ1) is 13.3. The molecule has 2 aliphatic heterocycles. The minimum Gasteiger partial charge on any atom is -0.315 e. The fraction of sp³-hybridized carbons (Fsp3) is 0.263. The molecule has 4 rings (SSSR count). The van der Waals surface area contributed by atoms with Gasteiger partial charge in [-0.15, -0.1) is 0 Å². The van der Waals surface area contributed by atoms with Crippen molar-refractivity contribution in [3.8, 4) is 0 Å². The van der Waals surface area contributed by atoms with Crippen LogP contribution < -0.4 is 4.90 Å². The van der Waals surface area contributed by atoms with E-state index in [1.807, 2.05) is 0 Å². The number of sulfone groups is 1. The van der Waals surface area contributed by atoms with Crippen molar-refractivity contribution in [2.45, 2.75) is 17.7 Å². The van der Waals surface area contributed by atoms with E-state index in [-0.39, 0.29) is 35.1 Å². The van der Waals surface area contributed by atoms with Gasteiger partial charge in [0.2, 0.25) is 0 Å². The van der Waals surface area contributed by atoms with E-state index in [2.05, 4.69) is 4.99 Å². The summed E-state index contributed by atoms with van der Waals surface area (Å²) in [5.74, 6) is -0.849. The first kappa shape index (κ1) is 19.4. The number of thioether (sulfide) groups is 1. The number of carbonyl (C=O) groups is 1. The van der Waals surface area contributed by atoms with Crippen LogP contribution in [0.15, 0.2) is 53.5 Å². The predicted molar refractivity (Wildman–Crippen MR) is 110 cm³/mol. The van der Waals surface area contributed by atoms with Crippen LogP contribution in [0, 0.1) is 5.82 Å². The molecule has 2 atom stereocenters. The van der Waals surface area contributed by atoms with Gasteiger partial charge >= 0.3 is 0 Å². The van der Waals surface area contributed by atoms with E-state index in [1.165, 1.54) is 23.9 Å². The van der Waals surface area contributed by atoms with Gasteiger partial charge in [-0.25, -0.2) is 12.8 Å². The molecule has 28 heavy (non-hydrogen) atoms. The summed E-state index contributed by atoms with van der Waals surface area (Å²) < 4.78 is 37.9. The molecule has 2 aromatic rings. The fourth-order valence-corrected chi connectivity index (χ4v) is 7.58. The van der Waals surface area contributed by atoms with Crippen LogP contribution in [0.4, 0.5) is 10.1 Å². The molecule has 2 aliphatic rings. The molecule has 2 aromatic carbocycles. The van der Waals surface area contributed by atoms with E-state index in [0.29, 0.717) is 21.4 Å². The molecule has 2 saturated heterocycles. The topological polar surface area (TPSA) is 66.8 Å². The van der Waals surface area contributed by atoms with Crippen LogP contribution in [0.5, 0.6) is 0 Å². The molecule has 0 radical (unpaired) electrons. The van der Waals surface area contributed by atoms with Gasteiger partial charge in [-0.2, -0.15) is 4.99 Å². The van der Waals surface area contributed by atoms with Crippen molar-refractivity contribution >= 4 is 50.0 Å². The van der Waals surface area contributed by atoms with Crippen molar-refractivity contribution in [1.29, 1.82) is 0 Å². The van der Waals surface area contributed by atoms with E-state index in [4.69, 9.17) is 11.6 Å². The number of carbonyl (C=O) groups excluding carboxylic acids is 1. The van der Waals surface area contributed by atoms with E-state index >= 15 is 0 Å². The van der Waals surface area contributed by atoms with E-state index in [0.717, 1.165) is 0 Å². The van der Waals surface area contributed by atoms with Crippen LogP contribution in [0.1, 0.15) is 5.56 Å². The lowest BCUT2D eigenvalue weighted by Gasteiger charge is -2.24. The summed E-state index contributed by atoms with van der Waals surface area (Å²) in [6, 6.07) is 12.5. The van der Waals surface area contributed by atoms with Gasteiger partial charge in [0.1, 0.15) is 5.82 Å². The maximum absolute atomic E-state index is 13.8. The average Bonchev–Trinajstić information content (AvgIpc) is 3.07. The Kier molecular flexibility index (Phi) is 5.20. The third-order valence-corrected chi connectivity index (χ3v) is 8.25. The molecule has 5 nitrogen and oxygen atoms in total. The highest BCUT2D eigenvalue weighted by Gasteiger charge is 2.49. The Labute approximate surface area is 171 Å². The van der Waals surface area contributed by atoms with Crippen molar-refractivity contribution in [2.24, 2.45) is 4.99 Å². The van der Waals surface area contributed by atoms with Crippen LogP contribution in [0.2, 0.25) is 5.02 Å². The van der Waals surface area contributed by atoms with Crippen molar-refractivity contribution < 1.29 is 17.6 Å². The molecular weight excluding hydrogens is 423 g/mol. The van der Waals surface area contributed by atoms with Crippen LogP contribution in [-0.4, -0.2) is 42.3 Å². The molecule has 0 spiro atoms. The Balaban J connectivity index is 1.66.